The van der Waals surface area contributed by atoms with Crippen molar-refractivity contribution in [3.8, 4) is 11.3 Å². The fourth-order valence-electron chi connectivity index (χ4n) is 2.55. The van der Waals surface area contributed by atoms with E-state index in [1.54, 1.807) is 29.4 Å². The fourth-order valence-corrected chi connectivity index (χ4v) is 2.55. The first-order chi connectivity index (χ1) is 12.2. The molecule has 0 atom stereocenters. The van der Waals surface area contributed by atoms with Crippen LogP contribution in [0, 0.1) is 6.92 Å². The van der Waals surface area contributed by atoms with Crippen LogP contribution in [-0.2, 0) is 6.54 Å². The van der Waals surface area contributed by atoms with Gasteiger partial charge in [-0.05, 0) is 37.3 Å². The minimum atomic E-state index is -0.280. The summed E-state index contributed by atoms with van der Waals surface area (Å²) in [5.41, 5.74) is 3.44. The molecule has 25 heavy (non-hydrogen) atoms. The normalized spacial score (nSPS) is 10.9. The van der Waals surface area contributed by atoms with E-state index >= 15 is 0 Å². The smallest absolute Gasteiger partial charge is 0.274 e. The monoisotopic (exact) mass is 333 g/mol. The van der Waals surface area contributed by atoms with Crippen LogP contribution in [0.1, 0.15) is 21.9 Å². The second-order valence-electron chi connectivity index (χ2n) is 5.57. The highest BCUT2D eigenvalue weighted by Gasteiger charge is 2.15. The third-order valence-corrected chi connectivity index (χ3v) is 3.91. The number of pyridine rings is 1. The SMILES string of the molecule is Cc1ccnc2c(C(=O)NCc3ccc(-c4ccco4)cn3)ncn12. The van der Waals surface area contributed by atoms with E-state index in [2.05, 4.69) is 20.3 Å². The van der Waals surface area contributed by atoms with E-state index in [-0.39, 0.29) is 5.91 Å². The summed E-state index contributed by atoms with van der Waals surface area (Å²) >= 11 is 0. The topological polar surface area (TPSA) is 85.3 Å². The summed E-state index contributed by atoms with van der Waals surface area (Å²) in [7, 11) is 0. The molecule has 0 aromatic carbocycles. The number of amides is 1. The first-order valence-electron chi connectivity index (χ1n) is 7.78. The van der Waals surface area contributed by atoms with Gasteiger partial charge in [-0.1, -0.05) is 0 Å². The predicted octanol–water partition coefficient (Wildman–Crippen LogP) is 2.62. The summed E-state index contributed by atoms with van der Waals surface area (Å²) in [6.45, 7) is 2.24. The molecule has 7 nitrogen and oxygen atoms in total. The van der Waals surface area contributed by atoms with E-state index in [4.69, 9.17) is 4.42 Å². The van der Waals surface area contributed by atoms with Crippen molar-refractivity contribution in [2.45, 2.75) is 13.5 Å². The lowest BCUT2D eigenvalue weighted by Crippen LogP contribution is -2.24. The van der Waals surface area contributed by atoms with Crippen molar-refractivity contribution in [2.75, 3.05) is 0 Å². The Labute approximate surface area is 143 Å². The first-order valence-corrected chi connectivity index (χ1v) is 7.78. The molecule has 0 bridgehead atoms. The van der Waals surface area contributed by atoms with Gasteiger partial charge in [-0.15, -0.1) is 0 Å². The van der Waals surface area contributed by atoms with Gasteiger partial charge in [-0.2, -0.15) is 0 Å². The molecule has 7 heteroatoms. The van der Waals surface area contributed by atoms with Crippen LogP contribution in [0.4, 0.5) is 0 Å². The van der Waals surface area contributed by atoms with Gasteiger partial charge in [-0.25, -0.2) is 9.97 Å². The number of rotatable bonds is 4. The van der Waals surface area contributed by atoms with Gasteiger partial charge in [0, 0.05) is 23.7 Å². The Morgan fingerprint density at radius 3 is 2.88 bits per heavy atom. The highest BCUT2D eigenvalue weighted by molar-refractivity contribution is 5.97. The van der Waals surface area contributed by atoms with E-state index in [0.29, 0.717) is 17.9 Å². The van der Waals surface area contributed by atoms with Crippen LogP contribution < -0.4 is 5.32 Å². The van der Waals surface area contributed by atoms with Gasteiger partial charge >= 0.3 is 0 Å². The molecule has 0 aliphatic carbocycles. The Bertz CT molecular complexity index is 1020. The van der Waals surface area contributed by atoms with E-state index < -0.39 is 0 Å². The number of fused-ring (bicyclic) bond motifs is 1. The molecule has 4 aromatic rings. The largest absolute Gasteiger partial charge is 0.464 e. The zero-order valence-corrected chi connectivity index (χ0v) is 13.5. The number of aromatic nitrogens is 4. The maximum atomic E-state index is 12.4. The van der Waals surface area contributed by atoms with Crippen LogP contribution in [0.25, 0.3) is 17.0 Å². The molecule has 4 aromatic heterocycles. The number of carbonyl (C=O) groups is 1. The maximum absolute atomic E-state index is 12.4. The highest BCUT2D eigenvalue weighted by atomic mass is 16.3. The molecule has 0 saturated heterocycles. The van der Waals surface area contributed by atoms with Gasteiger partial charge in [0.05, 0.1) is 18.5 Å². The molecule has 0 saturated carbocycles. The molecular formula is C18H15N5O2. The number of hydrogen-bond acceptors (Lipinski definition) is 5. The lowest BCUT2D eigenvalue weighted by atomic mass is 10.2. The minimum absolute atomic E-state index is 0.280. The van der Waals surface area contributed by atoms with Crippen molar-refractivity contribution in [3.05, 3.63) is 72.4 Å². The van der Waals surface area contributed by atoms with Crippen molar-refractivity contribution in [2.24, 2.45) is 0 Å². The molecule has 4 heterocycles. The summed E-state index contributed by atoms with van der Waals surface area (Å²) in [6.07, 6.45) is 6.60. The molecule has 0 aliphatic rings. The Morgan fingerprint density at radius 1 is 1.20 bits per heavy atom. The average Bonchev–Trinajstić information content (AvgIpc) is 3.30. The Balaban J connectivity index is 1.47. The van der Waals surface area contributed by atoms with Crippen LogP contribution in [0.2, 0.25) is 0 Å². The second kappa shape index (κ2) is 6.20. The summed E-state index contributed by atoms with van der Waals surface area (Å²) in [4.78, 5) is 25.1. The molecule has 1 amide bonds. The van der Waals surface area contributed by atoms with Gasteiger partial charge in [0.25, 0.3) is 5.91 Å². The van der Waals surface area contributed by atoms with E-state index in [1.165, 1.54) is 0 Å². The van der Waals surface area contributed by atoms with Gasteiger partial charge in [-0.3, -0.25) is 14.2 Å². The summed E-state index contributed by atoms with van der Waals surface area (Å²) < 4.78 is 7.11. The van der Waals surface area contributed by atoms with Gasteiger partial charge in [0.1, 0.15) is 12.1 Å². The summed E-state index contributed by atoms with van der Waals surface area (Å²) in [5.74, 6) is 0.478. The van der Waals surface area contributed by atoms with E-state index in [1.807, 2.05) is 37.3 Å². The molecule has 0 radical (unpaired) electrons. The van der Waals surface area contributed by atoms with Crippen molar-refractivity contribution in [1.82, 2.24) is 24.7 Å². The van der Waals surface area contributed by atoms with Crippen LogP contribution in [0.15, 0.2) is 59.7 Å². The molecule has 4 rings (SSSR count). The predicted molar refractivity (Wildman–Crippen MR) is 90.8 cm³/mol. The third-order valence-electron chi connectivity index (χ3n) is 3.91. The quantitative estimate of drug-likeness (QED) is 0.620. The standard InChI is InChI=1S/C18H15N5O2/c1-12-6-7-19-17-16(22-11-23(12)17)18(24)21-10-14-5-4-13(9-20-14)15-3-2-8-25-15/h2-9,11H,10H2,1H3,(H,21,24). The highest BCUT2D eigenvalue weighted by Crippen LogP contribution is 2.18. The van der Waals surface area contributed by atoms with Crippen LogP contribution in [0.3, 0.4) is 0 Å². The first kappa shape index (κ1) is 15.1. The lowest BCUT2D eigenvalue weighted by Gasteiger charge is -2.04. The van der Waals surface area contributed by atoms with Crippen molar-refractivity contribution >= 4 is 11.6 Å². The molecule has 0 spiro atoms. The van der Waals surface area contributed by atoms with E-state index in [0.717, 1.165) is 22.7 Å². The Kier molecular flexibility index (Phi) is 3.74. The molecule has 0 fully saturated rings. The van der Waals surface area contributed by atoms with Crippen molar-refractivity contribution < 1.29 is 9.21 Å². The Morgan fingerprint density at radius 2 is 2.12 bits per heavy atom. The van der Waals surface area contributed by atoms with Gasteiger partial charge in [0.2, 0.25) is 0 Å². The van der Waals surface area contributed by atoms with Crippen molar-refractivity contribution in [1.29, 1.82) is 0 Å². The van der Waals surface area contributed by atoms with Crippen molar-refractivity contribution in [3.63, 3.8) is 0 Å². The number of furan rings is 1. The van der Waals surface area contributed by atoms with Crippen LogP contribution in [0.5, 0.6) is 0 Å². The van der Waals surface area contributed by atoms with E-state index in [9.17, 15) is 4.79 Å². The molecular weight excluding hydrogens is 318 g/mol. The number of carbonyl (C=O) groups excluding carboxylic acids is 1. The minimum Gasteiger partial charge on any atom is -0.464 e. The zero-order valence-electron chi connectivity index (χ0n) is 13.5. The summed E-state index contributed by atoms with van der Waals surface area (Å²) in [5, 5.41) is 2.83. The van der Waals surface area contributed by atoms with Crippen LogP contribution in [-0.4, -0.2) is 25.3 Å². The number of nitrogens with zero attached hydrogens (tertiary/aromatic N) is 4. The number of hydrogen-bond donors (Lipinski definition) is 1. The number of nitrogens with one attached hydrogen (secondary N) is 1. The molecule has 124 valence electrons. The molecule has 1 N–H and O–H groups in total. The van der Waals surface area contributed by atoms with Gasteiger partial charge < -0.3 is 9.73 Å². The third kappa shape index (κ3) is 2.87. The zero-order chi connectivity index (χ0) is 17.2. The average molecular weight is 333 g/mol. The maximum Gasteiger partial charge on any atom is 0.274 e. The van der Waals surface area contributed by atoms with Crippen LogP contribution >= 0.6 is 0 Å². The van der Waals surface area contributed by atoms with Gasteiger partial charge in [0.15, 0.2) is 11.3 Å². The summed E-state index contributed by atoms with van der Waals surface area (Å²) in [6, 6.07) is 9.32. The number of aryl methyl sites for hydroxylation is 1. The lowest BCUT2D eigenvalue weighted by molar-refractivity contribution is 0.0947. The molecule has 0 unspecified atom stereocenters. The second-order valence-corrected chi connectivity index (χ2v) is 5.57. The fraction of sp³-hybridized carbons (Fsp3) is 0.111. The number of imidazole rings is 1. The Hall–Kier alpha value is -3.48. The molecule has 0 aliphatic heterocycles.